The first-order valence-corrected chi connectivity index (χ1v) is 6.83. The van der Waals surface area contributed by atoms with Gasteiger partial charge in [0, 0.05) is 6.04 Å². The highest BCUT2D eigenvalue weighted by molar-refractivity contribution is 5.73. The number of carboxylic acids is 1. The summed E-state index contributed by atoms with van der Waals surface area (Å²) < 4.78 is 0. The summed E-state index contributed by atoms with van der Waals surface area (Å²) in [6.45, 7) is 8.89. The van der Waals surface area contributed by atoms with E-state index in [9.17, 15) is 4.79 Å². The molecule has 1 fully saturated rings. The second-order valence-corrected chi connectivity index (χ2v) is 6.43. The monoisotopic (exact) mass is 241 g/mol. The third kappa shape index (κ3) is 4.30. The predicted molar refractivity (Wildman–Crippen MR) is 70.1 cm³/mol. The first-order valence-electron chi connectivity index (χ1n) is 6.83. The number of carbonyl (C=O) groups is 1. The summed E-state index contributed by atoms with van der Waals surface area (Å²) in [5.74, 6) is 0.0401. The van der Waals surface area contributed by atoms with E-state index in [1.54, 1.807) is 0 Å². The first-order chi connectivity index (χ1) is 7.84. The molecule has 17 heavy (non-hydrogen) atoms. The van der Waals surface area contributed by atoms with Crippen LogP contribution < -0.4 is 5.32 Å². The molecule has 0 heterocycles. The Morgan fingerprint density at radius 3 is 2.41 bits per heavy atom. The molecule has 1 rings (SSSR count). The molecule has 2 N–H and O–H groups in total. The summed E-state index contributed by atoms with van der Waals surface area (Å²) in [5, 5.41) is 12.4. The van der Waals surface area contributed by atoms with E-state index in [-0.39, 0.29) is 6.04 Å². The fourth-order valence-electron chi connectivity index (χ4n) is 2.43. The lowest BCUT2D eigenvalue weighted by Gasteiger charge is -2.45. The topological polar surface area (TPSA) is 49.3 Å². The smallest absolute Gasteiger partial charge is 0.320 e. The van der Waals surface area contributed by atoms with Gasteiger partial charge in [-0.05, 0) is 30.6 Å². The summed E-state index contributed by atoms with van der Waals surface area (Å²) in [7, 11) is 0. The quantitative estimate of drug-likeness (QED) is 0.751. The van der Waals surface area contributed by atoms with Gasteiger partial charge in [0.05, 0.1) is 0 Å². The number of unbranched alkanes of at least 4 members (excludes halogenated alkanes) is 1. The average Bonchev–Trinajstić information content (AvgIpc) is 2.12. The lowest BCUT2D eigenvalue weighted by atomic mass is 9.66. The van der Waals surface area contributed by atoms with Gasteiger partial charge in [0.25, 0.3) is 0 Å². The van der Waals surface area contributed by atoms with Crippen molar-refractivity contribution in [1.82, 2.24) is 5.32 Å². The predicted octanol–water partition coefficient (Wildman–Crippen LogP) is 3.04. The normalized spacial score (nSPS) is 26.4. The van der Waals surface area contributed by atoms with E-state index < -0.39 is 5.97 Å². The van der Waals surface area contributed by atoms with Crippen LogP contribution in [0.15, 0.2) is 0 Å². The summed E-state index contributed by atoms with van der Waals surface area (Å²) in [6.07, 6.45) is 5.04. The van der Waals surface area contributed by atoms with Gasteiger partial charge in [0.2, 0.25) is 0 Å². The third-order valence-corrected chi connectivity index (χ3v) is 3.94. The second-order valence-electron chi connectivity index (χ2n) is 6.43. The molecule has 0 saturated heterocycles. The molecule has 0 radical (unpaired) electrons. The van der Waals surface area contributed by atoms with Gasteiger partial charge in [-0.2, -0.15) is 0 Å². The highest BCUT2D eigenvalue weighted by Gasteiger charge is 2.38. The fourth-order valence-corrected chi connectivity index (χ4v) is 2.43. The summed E-state index contributed by atoms with van der Waals surface area (Å²) in [5.41, 5.74) is 0.361. The number of aliphatic carboxylic acids is 1. The van der Waals surface area contributed by atoms with Gasteiger partial charge >= 0.3 is 5.97 Å². The Kier molecular flexibility index (Phi) is 4.99. The molecular weight excluding hydrogens is 214 g/mol. The Labute approximate surface area is 105 Å². The summed E-state index contributed by atoms with van der Waals surface area (Å²) >= 11 is 0. The third-order valence-electron chi connectivity index (χ3n) is 3.94. The zero-order valence-electron chi connectivity index (χ0n) is 11.6. The number of nitrogens with one attached hydrogen (secondary N) is 1. The maximum atomic E-state index is 11.1. The maximum absolute atomic E-state index is 11.1. The van der Waals surface area contributed by atoms with Crippen molar-refractivity contribution in [2.45, 2.75) is 71.9 Å². The lowest BCUT2D eigenvalue weighted by Crippen LogP contribution is -2.51. The van der Waals surface area contributed by atoms with Crippen molar-refractivity contribution >= 4 is 5.97 Å². The number of rotatable bonds is 6. The van der Waals surface area contributed by atoms with Crippen molar-refractivity contribution in [1.29, 1.82) is 0 Å². The first kappa shape index (κ1) is 14.5. The van der Waals surface area contributed by atoms with Crippen LogP contribution in [0.5, 0.6) is 0 Å². The SMILES string of the molecule is CCCC[C@H](NC1CC(C(C)(C)C)C1)C(=O)O. The Morgan fingerprint density at radius 1 is 1.41 bits per heavy atom. The minimum atomic E-state index is -0.697. The van der Waals surface area contributed by atoms with E-state index >= 15 is 0 Å². The summed E-state index contributed by atoms with van der Waals surface area (Å²) in [6, 6.07) is 0.0676. The minimum absolute atomic E-state index is 0.346. The minimum Gasteiger partial charge on any atom is -0.480 e. The van der Waals surface area contributed by atoms with E-state index in [1.165, 1.54) is 0 Å². The van der Waals surface area contributed by atoms with Crippen molar-refractivity contribution in [2.24, 2.45) is 11.3 Å². The maximum Gasteiger partial charge on any atom is 0.320 e. The van der Waals surface area contributed by atoms with Gasteiger partial charge in [-0.25, -0.2) is 0 Å². The largest absolute Gasteiger partial charge is 0.480 e. The number of carboxylic acid groups (broad SMARTS) is 1. The molecule has 0 aromatic carbocycles. The molecule has 0 aromatic heterocycles. The molecule has 0 aromatic rings. The Morgan fingerprint density at radius 2 is 2.00 bits per heavy atom. The molecule has 0 unspecified atom stereocenters. The van der Waals surface area contributed by atoms with Gasteiger partial charge in [-0.1, -0.05) is 40.5 Å². The highest BCUT2D eigenvalue weighted by atomic mass is 16.4. The van der Waals surface area contributed by atoms with Crippen LogP contribution in [0.25, 0.3) is 0 Å². The van der Waals surface area contributed by atoms with Gasteiger partial charge in [-0.15, -0.1) is 0 Å². The van der Waals surface area contributed by atoms with Crippen LogP contribution in [0.3, 0.4) is 0 Å². The van der Waals surface area contributed by atoms with Gasteiger partial charge in [-0.3, -0.25) is 4.79 Å². The van der Waals surface area contributed by atoms with Gasteiger partial charge in [0.15, 0.2) is 0 Å². The van der Waals surface area contributed by atoms with Crippen LogP contribution in [0.2, 0.25) is 0 Å². The van der Waals surface area contributed by atoms with Crippen molar-refractivity contribution in [3.63, 3.8) is 0 Å². The number of hydrogen-bond acceptors (Lipinski definition) is 2. The van der Waals surface area contributed by atoms with Crippen LogP contribution in [0, 0.1) is 11.3 Å². The highest BCUT2D eigenvalue weighted by Crippen LogP contribution is 2.41. The Bertz CT molecular complexity index is 251. The molecule has 0 spiro atoms. The average molecular weight is 241 g/mol. The molecule has 1 saturated carbocycles. The van der Waals surface area contributed by atoms with Crippen molar-refractivity contribution in [3.05, 3.63) is 0 Å². The van der Waals surface area contributed by atoms with Gasteiger partial charge in [0.1, 0.15) is 6.04 Å². The molecule has 0 aliphatic heterocycles. The molecule has 3 heteroatoms. The molecule has 3 nitrogen and oxygen atoms in total. The Balaban J connectivity index is 2.32. The van der Waals surface area contributed by atoms with E-state index in [0.717, 1.165) is 38.0 Å². The van der Waals surface area contributed by atoms with Crippen molar-refractivity contribution < 1.29 is 9.90 Å². The lowest BCUT2D eigenvalue weighted by molar-refractivity contribution is -0.140. The second kappa shape index (κ2) is 5.85. The van der Waals surface area contributed by atoms with Crippen LogP contribution in [-0.2, 0) is 4.79 Å². The molecular formula is C14H27NO2. The summed E-state index contributed by atoms with van der Waals surface area (Å²) in [4.78, 5) is 11.1. The molecule has 1 atom stereocenters. The van der Waals surface area contributed by atoms with Crippen molar-refractivity contribution in [3.8, 4) is 0 Å². The molecule has 100 valence electrons. The Hall–Kier alpha value is -0.570. The van der Waals surface area contributed by atoms with E-state index in [1.807, 2.05) is 0 Å². The fraction of sp³-hybridized carbons (Fsp3) is 0.929. The van der Waals surface area contributed by atoms with Crippen molar-refractivity contribution in [2.75, 3.05) is 0 Å². The van der Waals surface area contributed by atoms with Crippen LogP contribution in [-0.4, -0.2) is 23.2 Å². The molecule has 1 aliphatic carbocycles. The molecule has 0 bridgehead atoms. The van der Waals surface area contributed by atoms with Gasteiger partial charge < -0.3 is 10.4 Å². The zero-order valence-corrected chi connectivity index (χ0v) is 11.6. The van der Waals surface area contributed by atoms with E-state index in [0.29, 0.717) is 11.5 Å². The standard InChI is InChI=1S/C14H27NO2/c1-5-6-7-12(13(16)17)15-11-8-10(9-11)14(2,3)4/h10-12,15H,5-9H2,1-4H3,(H,16,17)/t10?,11?,12-/m0/s1. The molecule has 0 amide bonds. The van der Waals surface area contributed by atoms with Crippen LogP contribution in [0.4, 0.5) is 0 Å². The molecule has 1 aliphatic rings. The van der Waals surface area contributed by atoms with Crippen LogP contribution >= 0.6 is 0 Å². The zero-order chi connectivity index (χ0) is 13.1. The van der Waals surface area contributed by atoms with Crippen LogP contribution in [0.1, 0.15) is 59.8 Å². The van der Waals surface area contributed by atoms with E-state index in [4.69, 9.17) is 5.11 Å². The van der Waals surface area contributed by atoms with E-state index in [2.05, 4.69) is 33.0 Å². The number of hydrogen-bond donors (Lipinski definition) is 2.